The average molecular weight is 212 g/mol. The fourth-order valence-electron chi connectivity index (χ4n) is 1.71. The van der Waals surface area contributed by atoms with E-state index in [1.807, 2.05) is 0 Å². The van der Waals surface area contributed by atoms with E-state index in [1.54, 1.807) is 0 Å². The molecule has 0 amide bonds. The molecule has 0 aromatic rings. The van der Waals surface area contributed by atoms with Crippen molar-refractivity contribution in [2.75, 3.05) is 0 Å². The number of carboxylic acid groups (broad SMARTS) is 1. The van der Waals surface area contributed by atoms with E-state index in [2.05, 4.69) is 6.92 Å². The summed E-state index contributed by atoms with van der Waals surface area (Å²) in [6, 6.07) is 0. The van der Waals surface area contributed by atoms with Crippen LogP contribution in [-0.2, 0) is 14.3 Å². The van der Waals surface area contributed by atoms with Gasteiger partial charge in [-0.3, -0.25) is 0 Å². The van der Waals surface area contributed by atoms with Crippen LogP contribution in [0.15, 0.2) is 11.1 Å². The van der Waals surface area contributed by atoms with E-state index >= 15 is 0 Å². The van der Waals surface area contributed by atoms with Crippen molar-refractivity contribution in [2.45, 2.75) is 45.6 Å². The topological polar surface area (TPSA) is 63.6 Å². The molecule has 1 rings (SSSR count). The third kappa shape index (κ3) is 2.58. The molecule has 0 aliphatic carbocycles. The predicted octanol–water partition coefficient (Wildman–Crippen LogP) is 1.89. The van der Waals surface area contributed by atoms with Crippen molar-refractivity contribution in [3.63, 3.8) is 0 Å². The Hall–Kier alpha value is -1.32. The van der Waals surface area contributed by atoms with E-state index in [4.69, 9.17) is 9.84 Å². The molecule has 0 saturated heterocycles. The molecule has 0 saturated carbocycles. The molecule has 0 fully saturated rings. The highest BCUT2D eigenvalue weighted by Crippen LogP contribution is 2.26. The molecule has 0 unspecified atom stereocenters. The Morgan fingerprint density at radius 2 is 2.13 bits per heavy atom. The SMILES string of the molecule is CCCCC[C@@H]1OC(=O)C(C)=C1C(=O)O. The van der Waals surface area contributed by atoms with Crippen molar-refractivity contribution in [1.82, 2.24) is 0 Å². The highest BCUT2D eigenvalue weighted by Gasteiger charge is 2.35. The monoisotopic (exact) mass is 212 g/mol. The molecular weight excluding hydrogens is 196 g/mol. The molecule has 4 nitrogen and oxygen atoms in total. The van der Waals surface area contributed by atoms with Crippen LogP contribution in [0.25, 0.3) is 0 Å². The van der Waals surface area contributed by atoms with E-state index in [1.165, 1.54) is 6.92 Å². The van der Waals surface area contributed by atoms with Crippen LogP contribution in [0.4, 0.5) is 0 Å². The second-order valence-electron chi connectivity index (χ2n) is 3.73. The molecule has 15 heavy (non-hydrogen) atoms. The molecule has 0 bridgehead atoms. The van der Waals surface area contributed by atoms with Crippen LogP contribution in [-0.4, -0.2) is 23.1 Å². The van der Waals surface area contributed by atoms with Crippen LogP contribution in [0, 0.1) is 0 Å². The lowest BCUT2D eigenvalue weighted by Crippen LogP contribution is -2.17. The normalized spacial score (nSPS) is 20.7. The molecule has 0 spiro atoms. The lowest BCUT2D eigenvalue weighted by molar-refractivity contribution is -0.140. The van der Waals surface area contributed by atoms with Crippen molar-refractivity contribution in [3.05, 3.63) is 11.1 Å². The van der Waals surface area contributed by atoms with Crippen molar-refractivity contribution in [1.29, 1.82) is 0 Å². The van der Waals surface area contributed by atoms with Crippen LogP contribution in [0.3, 0.4) is 0 Å². The first kappa shape index (κ1) is 11.8. The average Bonchev–Trinajstić information content (AvgIpc) is 2.43. The van der Waals surface area contributed by atoms with E-state index < -0.39 is 18.0 Å². The van der Waals surface area contributed by atoms with Gasteiger partial charge in [0.15, 0.2) is 0 Å². The second-order valence-corrected chi connectivity index (χ2v) is 3.73. The molecule has 1 aliphatic rings. The zero-order chi connectivity index (χ0) is 11.4. The van der Waals surface area contributed by atoms with Gasteiger partial charge in [0.1, 0.15) is 6.10 Å². The van der Waals surface area contributed by atoms with Gasteiger partial charge in [0.25, 0.3) is 0 Å². The predicted molar refractivity (Wildman–Crippen MR) is 54.4 cm³/mol. The first-order valence-corrected chi connectivity index (χ1v) is 5.23. The Labute approximate surface area is 88.9 Å². The van der Waals surface area contributed by atoms with Gasteiger partial charge in [0.2, 0.25) is 0 Å². The number of unbranched alkanes of at least 4 members (excludes halogenated alkanes) is 2. The molecule has 1 atom stereocenters. The number of cyclic esters (lactones) is 1. The summed E-state index contributed by atoms with van der Waals surface area (Å²) in [5.74, 6) is -1.53. The van der Waals surface area contributed by atoms with Gasteiger partial charge in [-0.15, -0.1) is 0 Å². The maximum Gasteiger partial charge on any atom is 0.335 e. The van der Waals surface area contributed by atoms with E-state index in [0.717, 1.165) is 19.3 Å². The third-order valence-electron chi connectivity index (χ3n) is 2.58. The largest absolute Gasteiger partial charge is 0.478 e. The molecule has 0 radical (unpaired) electrons. The van der Waals surface area contributed by atoms with Crippen molar-refractivity contribution < 1.29 is 19.4 Å². The molecule has 1 heterocycles. The number of rotatable bonds is 5. The summed E-state index contributed by atoms with van der Waals surface area (Å²) in [6.45, 7) is 3.57. The van der Waals surface area contributed by atoms with Gasteiger partial charge >= 0.3 is 11.9 Å². The van der Waals surface area contributed by atoms with Crippen LogP contribution < -0.4 is 0 Å². The first-order chi connectivity index (χ1) is 7.07. The Kier molecular flexibility index (Phi) is 3.88. The van der Waals surface area contributed by atoms with E-state index in [9.17, 15) is 9.59 Å². The van der Waals surface area contributed by atoms with Crippen LogP contribution in [0.1, 0.15) is 39.5 Å². The lowest BCUT2D eigenvalue weighted by atomic mass is 10.0. The molecular formula is C11H16O4. The van der Waals surface area contributed by atoms with Crippen molar-refractivity contribution >= 4 is 11.9 Å². The Morgan fingerprint density at radius 1 is 1.47 bits per heavy atom. The minimum Gasteiger partial charge on any atom is -0.478 e. The molecule has 0 aromatic heterocycles. The second kappa shape index (κ2) is 4.96. The van der Waals surface area contributed by atoms with Crippen LogP contribution in [0.2, 0.25) is 0 Å². The third-order valence-corrected chi connectivity index (χ3v) is 2.58. The number of hydrogen-bond acceptors (Lipinski definition) is 3. The Balaban J connectivity index is 2.67. The zero-order valence-electron chi connectivity index (χ0n) is 9.08. The van der Waals surface area contributed by atoms with E-state index in [0.29, 0.717) is 6.42 Å². The summed E-state index contributed by atoms with van der Waals surface area (Å²) >= 11 is 0. The van der Waals surface area contributed by atoms with Gasteiger partial charge in [-0.25, -0.2) is 9.59 Å². The van der Waals surface area contributed by atoms with Crippen molar-refractivity contribution in [3.8, 4) is 0 Å². The number of hydrogen-bond donors (Lipinski definition) is 1. The quantitative estimate of drug-likeness (QED) is 0.558. The number of carboxylic acids is 1. The fourth-order valence-corrected chi connectivity index (χ4v) is 1.71. The summed E-state index contributed by atoms with van der Waals surface area (Å²) < 4.78 is 5.00. The van der Waals surface area contributed by atoms with Crippen LogP contribution in [0.5, 0.6) is 0 Å². The van der Waals surface area contributed by atoms with Gasteiger partial charge in [-0.05, 0) is 19.8 Å². The van der Waals surface area contributed by atoms with Gasteiger partial charge in [-0.1, -0.05) is 19.8 Å². The summed E-state index contributed by atoms with van der Waals surface area (Å²) in [6.07, 6.45) is 3.05. The van der Waals surface area contributed by atoms with Gasteiger partial charge in [0, 0.05) is 5.57 Å². The van der Waals surface area contributed by atoms with Crippen LogP contribution >= 0.6 is 0 Å². The minimum absolute atomic E-state index is 0.135. The standard InChI is InChI=1S/C11H16O4/c1-3-4-5-6-8-9(10(12)13)7(2)11(14)15-8/h8H,3-6H2,1-2H3,(H,12,13)/t8-/m0/s1. The maximum atomic E-state index is 11.2. The molecule has 0 aromatic carbocycles. The summed E-state index contributed by atoms with van der Waals surface area (Å²) in [7, 11) is 0. The summed E-state index contributed by atoms with van der Waals surface area (Å²) in [5, 5.41) is 8.94. The molecule has 1 N–H and O–H groups in total. The highest BCUT2D eigenvalue weighted by molar-refractivity contribution is 6.03. The first-order valence-electron chi connectivity index (χ1n) is 5.23. The number of ether oxygens (including phenoxy) is 1. The zero-order valence-corrected chi connectivity index (χ0v) is 9.08. The van der Waals surface area contributed by atoms with Gasteiger partial charge in [0.05, 0.1) is 5.57 Å². The summed E-state index contributed by atoms with van der Waals surface area (Å²) in [4.78, 5) is 22.1. The lowest BCUT2D eigenvalue weighted by Gasteiger charge is -2.10. The Bertz CT molecular complexity index is 304. The fraction of sp³-hybridized carbons (Fsp3) is 0.636. The van der Waals surface area contributed by atoms with Gasteiger partial charge in [-0.2, -0.15) is 0 Å². The minimum atomic E-state index is -1.04. The maximum absolute atomic E-state index is 11.2. The summed E-state index contributed by atoms with van der Waals surface area (Å²) in [5.41, 5.74) is 0.375. The number of carbonyl (C=O) groups excluding carboxylic acids is 1. The molecule has 1 aliphatic heterocycles. The number of carbonyl (C=O) groups is 2. The highest BCUT2D eigenvalue weighted by atomic mass is 16.5. The Morgan fingerprint density at radius 3 is 2.67 bits per heavy atom. The van der Waals surface area contributed by atoms with Crippen molar-refractivity contribution in [2.24, 2.45) is 0 Å². The smallest absolute Gasteiger partial charge is 0.335 e. The number of esters is 1. The molecule has 84 valence electrons. The van der Waals surface area contributed by atoms with E-state index in [-0.39, 0.29) is 11.1 Å². The number of aliphatic carboxylic acids is 1. The molecule has 4 heteroatoms. The van der Waals surface area contributed by atoms with Gasteiger partial charge < -0.3 is 9.84 Å².